The van der Waals surface area contributed by atoms with E-state index in [1.54, 1.807) is 6.07 Å². The van der Waals surface area contributed by atoms with Gasteiger partial charge in [-0.3, -0.25) is 29.3 Å². The van der Waals surface area contributed by atoms with Crippen LogP contribution in [-0.2, 0) is 4.79 Å². The van der Waals surface area contributed by atoms with E-state index in [-0.39, 0.29) is 17.4 Å². The van der Waals surface area contributed by atoms with Gasteiger partial charge in [-0.2, -0.15) is 0 Å². The van der Waals surface area contributed by atoms with Gasteiger partial charge >= 0.3 is 5.69 Å². The van der Waals surface area contributed by atoms with Crippen molar-refractivity contribution in [2.75, 3.05) is 4.90 Å². The number of nitrogens with zero attached hydrogens (tertiary/aromatic N) is 2. The maximum Gasteiger partial charge on any atom is 0.326 e. The fraction of sp³-hybridized carbons (Fsp3) is 0.250. The molecular formula is C28H26FN5O4. The molecule has 0 saturated heterocycles. The highest BCUT2D eigenvalue weighted by molar-refractivity contribution is 6.09. The minimum atomic E-state index is -1.24. The number of halogens is 1. The predicted octanol–water partition coefficient (Wildman–Crippen LogP) is 3.59. The summed E-state index contributed by atoms with van der Waals surface area (Å²) in [4.78, 5) is 62.0. The van der Waals surface area contributed by atoms with Crippen LogP contribution in [0.15, 0.2) is 76.4 Å². The van der Waals surface area contributed by atoms with E-state index in [0.29, 0.717) is 16.5 Å². The number of carbonyl (C=O) groups excluding carboxylic acids is 2. The van der Waals surface area contributed by atoms with Crippen molar-refractivity contribution in [2.24, 2.45) is 0 Å². The molecule has 1 aliphatic rings. The molecule has 1 saturated carbocycles. The first-order valence-electron chi connectivity index (χ1n) is 12.5. The van der Waals surface area contributed by atoms with Gasteiger partial charge in [0.05, 0.1) is 17.4 Å². The van der Waals surface area contributed by atoms with E-state index in [1.807, 2.05) is 29.2 Å². The van der Waals surface area contributed by atoms with Crippen LogP contribution in [0, 0.1) is 5.82 Å². The zero-order chi connectivity index (χ0) is 26.6. The number of amides is 2. The van der Waals surface area contributed by atoms with Crippen molar-refractivity contribution in [2.45, 2.75) is 44.2 Å². The number of fused-ring (bicyclic) bond motifs is 1. The Morgan fingerprint density at radius 2 is 1.71 bits per heavy atom. The fourth-order valence-electron chi connectivity index (χ4n) is 4.88. The van der Waals surface area contributed by atoms with Crippen LogP contribution in [-0.4, -0.2) is 32.8 Å². The van der Waals surface area contributed by atoms with Gasteiger partial charge in [0.25, 0.3) is 11.5 Å². The lowest BCUT2D eigenvalue weighted by molar-refractivity contribution is -0.123. The number of nitrogens with one attached hydrogen (secondary N) is 3. The largest absolute Gasteiger partial charge is 0.351 e. The Bertz CT molecular complexity index is 1560. The first kappa shape index (κ1) is 25.1. The van der Waals surface area contributed by atoms with Crippen LogP contribution in [0.5, 0.6) is 0 Å². The Hall–Kier alpha value is -4.60. The summed E-state index contributed by atoms with van der Waals surface area (Å²) in [6.45, 7) is 0. The number of rotatable bonds is 6. The monoisotopic (exact) mass is 515 g/mol. The lowest BCUT2D eigenvalue weighted by Crippen LogP contribution is -2.48. The van der Waals surface area contributed by atoms with Gasteiger partial charge in [0, 0.05) is 17.5 Å². The van der Waals surface area contributed by atoms with Crippen LogP contribution >= 0.6 is 0 Å². The first-order chi connectivity index (χ1) is 18.4. The third-order valence-corrected chi connectivity index (χ3v) is 6.71. The Morgan fingerprint density at radius 3 is 2.45 bits per heavy atom. The summed E-state index contributed by atoms with van der Waals surface area (Å²) in [5.41, 5.74) is -0.625. The molecule has 5 rings (SSSR count). The average Bonchev–Trinajstić information content (AvgIpc) is 2.91. The van der Waals surface area contributed by atoms with E-state index in [1.165, 1.54) is 35.4 Å². The number of carbonyl (C=O) groups is 2. The van der Waals surface area contributed by atoms with Crippen molar-refractivity contribution >= 4 is 28.4 Å². The second kappa shape index (κ2) is 10.8. The second-order valence-electron chi connectivity index (χ2n) is 9.36. The van der Waals surface area contributed by atoms with Gasteiger partial charge in [-0.25, -0.2) is 9.18 Å². The third-order valence-electron chi connectivity index (χ3n) is 6.71. The molecule has 0 unspecified atom stereocenters. The molecule has 0 spiro atoms. The topological polar surface area (TPSA) is 128 Å². The number of aromatic nitrogens is 3. The van der Waals surface area contributed by atoms with Crippen molar-refractivity contribution in [3.05, 3.63) is 105 Å². The van der Waals surface area contributed by atoms with Crippen LogP contribution in [0.2, 0.25) is 0 Å². The van der Waals surface area contributed by atoms with E-state index in [4.69, 9.17) is 0 Å². The van der Waals surface area contributed by atoms with Gasteiger partial charge in [0.1, 0.15) is 17.6 Å². The molecule has 1 atom stereocenters. The first-order valence-corrected chi connectivity index (χ1v) is 12.5. The van der Waals surface area contributed by atoms with Gasteiger partial charge in [-0.15, -0.1) is 0 Å². The number of aromatic amines is 2. The molecule has 4 aromatic rings. The summed E-state index contributed by atoms with van der Waals surface area (Å²) in [6.07, 6.45) is 6.14. The molecule has 38 heavy (non-hydrogen) atoms. The van der Waals surface area contributed by atoms with Crippen molar-refractivity contribution in [3.63, 3.8) is 0 Å². The van der Waals surface area contributed by atoms with Gasteiger partial charge in [0.15, 0.2) is 0 Å². The summed E-state index contributed by atoms with van der Waals surface area (Å²) >= 11 is 0. The van der Waals surface area contributed by atoms with Crippen molar-refractivity contribution < 1.29 is 14.0 Å². The number of H-pyrrole nitrogens is 2. The summed E-state index contributed by atoms with van der Waals surface area (Å²) in [7, 11) is 0. The molecule has 9 nitrogen and oxygen atoms in total. The summed E-state index contributed by atoms with van der Waals surface area (Å²) in [5.74, 6) is -1.75. The Morgan fingerprint density at radius 1 is 0.974 bits per heavy atom. The third kappa shape index (κ3) is 5.39. The smallest absolute Gasteiger partial charge is 0.326 e. The molecule has 2 heterocycles. The molecule has 10 heteroatoms. The van der Waals surface area contributed by atoms with Crippen molar-refractivity contribution in [1.29, 1.82) is 0 Å². The Labute approximate surface area is 216 Å². The maximum absolute atomic E-state index is 14.0. The van der Waals surface area contributed by atoms with Crippen LogP contribution < -0.4 is 21.5 Å². The molecular weight excluding hydrogens is 489 g/mol. The van der Waals surface area contributed by atoms with E-state index < -0.39 is 34.9 Å². The summed E-state index contributed by atoms with van der Waals surface area (Å²) in [5, 5.41) is 3.78. The van der Waals surface area contributed by atoms with E-state index in [2.05, 4.69) is 15.3 Å². The number of anilines is 1. The number of para-hydroxylation sites is 1. The predicted molar refractivity (Wildman–Crippen MR) is 140 cm³/mol. The maximum atomic E-state index is 14.0. The molecule has 1 fully saturated rings. The Kier molecular flexibility index (Phi) is 7.12. The normalized spacial score (nSPS) is 14.7. The molecule has 3 N–H and O–H groups in total. The zero-order valence-corrected chi connectivity index (χ0v) is 20.4. The fourth-order valence-corrected chi connectivity index (χ4v) is 4.88. The highest BCUT2D eigenvalue weighted by Crippen LogP contribution is 2.31. The molecule has 2 aromatic heterocycles. The second-order valence-corrected chi connectivity index (χ2v) is 9.36. The zero-order valence-electron chi connectivity index (χ0n) is 20.4. The van der Waals surface area contributed by atoms with Crippen LogP contribution in [0.3, 0.4) is 0 Å². The van der Waals surface area contributed by atoms with E-state index >= 15 is 0 Å². The van der Waals surface area contributed by atoms with E-state index in [0.717, 1.165) is 38.2 Å². The molecule has 2 aromatic carbocycles. The highest BCUT2D eigenvalue weighted by Gasteiger charge is 2.35. The van der Waals surface area contributed by atoms with Crippen molar-refractivity contribution in [1.82, 2.24) is 20.3 Å². The molecule has 2 amide bonds. The van der Waals surface area contributed by atoms with E-state index in [9.17, 15) is 23.6 Å². The average molecular weight is 516 g/mol. The minimum absolute atomic E-state index is 0.0646. The quantitative estimate of drug-likeness (QED) is 0.362. The number of hydrogen-bond acceptors (Lipinski definition) is 5. The highest BCUT2D eigenvalue weighted by atomic mass is 19.1. The molecule has 194 valence electrons. The Balaban J connectivity index is 1.67. The lowest BCUT2D eigenvalue weighted by atomic mass is 9.94. The molecule has 0 radical (unpaired) electrons. The van der Waals surface area contributed by atoms with Crippen molar-refractivity contribution in [3.8, 4) is 0 Å². The van der Waals surface area contributed by atoms with Crippen LogP contribution in [0.4, 0.5) is 10.1 Å². The number of pyridine rings is 1. The standard InChI is InChI=1S/C28H26FN5O4/c29-19-12-10-17(11-13-19)25(26(36)31-20-7-2-1-3-8-20)34(27(37)23-15-24(35)33-28(38)32-23)21-14-18-6-4-5-9-22(18)30-16-21/h4-6,9-16,20,25H,1-3,7-8H2,(H,31,36)(H2,32,33,35,38)/t25-/m0/s1. The van der Waals surface area contributed by atoms with Gasteiger partial charge in [0.2, 0.25) is 5.91 Å². The number of hydrogen-bond donors (Lipinski definition) is 3. The van der Waals surface area contributed by atoms with Gasteiger partial charge < -0.3 is 10.3 Å². The molecule has 1 aliphatic carbocycles. The van der Waals surface area contributed by atoms with Crippen LogP contribution in [0.25, 0.3) is 10.9 Å². The van der Waals surface area contributed by atoms with Crippen LogP contribution in [0.1, 0.15) is 54.2 Å². The molecule has 0 aliphatic heterocycles. The molecule has 0 bridgehead atoms. The minimum Gasteiger partial charge on any atom is -0.351 e. The van der Waals surface area contributed by atoms with Gasteiger partial charge in [-0.1, -0.05) is 49.6 Å². The number of benzene rings is 2. The lowest BCUT2D eigenvalue weighted by Gasteiger charge is -2.33. The summed E-state index contributed by atoms with van der Waals surface area (Å²) < 4.78 is 13.9. The summed E-state index contributed by atoms with van der Waals surface area (Å²) in [6, 6.07) is 14.0. The SMILES string of the molecule is O=C(NC1CCCCC1)[C@H](c1ccc(F)cc1)N(C(=O)c1cc(=O)[nH]c(=O)[nH]1)c1cnc2ccccc2c1. The van der Waals surface area contributed by atoms with Gasteiger partial charge in [-0.05, 0) is 42.7 Å².